The summed E-state index contributed by atoms with van der Waals surface area (Å²) in [6.45, 7) is 4.25. The molecule has 0 spiro atoms. The summed E-state index contributed by atoms with van der Waals surface area (Å²) in [5.41, 5.74) is 1.06. The Hall–Kier alpha value is -2.53. The molecule has 1 aliphatic rings. The Morgan fingerprint density at radius 1 is 1.19 bits per heavy atom. The first-order valence-electron chi connectivity index (χ1n) is 9.31. The van der Waals surface area contributed by atoms with Crippen molar-refractivity contribution in [3.05, 3.63) is 59.7 Å². The van der Waals surface area contributed by atoms with E-state index in [1.54, 1.807) is 25.3 Å². The number of aliphatic hydroxyl groups is 1. The maximum atomic E-state index is 12.8. The minimum atomic E-state index is -0.582. The second kappa shape index (κ2) is 8.01. The van der Waals surface area contributed by atoms with Crippen LogP contribution in [0.3, 0.4) is 0 Å². The molecule has 0 saturated heterocycles. The molecule has 1 aliphatic carbocycles. The standard InChI is InChI=1S/C22H27NO4/c1-15(2)27-19-13-17(26-3)9-10-18(19)21(25)23-14-22(11-12-22)20(24)16-7-5-4-6-8-16/h4-10,13,15,20,24H,11-12,14H2,1-3H3,(H,23,25)/t20-/m1/s1. The molecule has 1 amide bonds. The zero-order chi connectivity index (χ0) is 19.4. The van der Waals surface area contributed by atoms with Gasteiger partial charge in [0.1, 0.15) is 11.5 Å². The van der Waals surface area contributed by atoms with Gasteiger partial charge in [-0.2, -0.15) is 0 Å². The third-order valence-electron chi connectivity index (χ3n) is 4.98. The van der Waals surface area contributed by atoms with Gasteiger partial charge in [-0.15, -0.1) is 0 Å². The number of carbonyl (C=O) groups excluding carboxylic acids is 1. The highest BCUT2D eigenvalue weighted by molar-refractivity contribution is 5.97. The van der Waals surface area contributed by atoms with Crippen LogP contribution in [0.2, 0.25) is 0 Å². The van der Waals surface area contributed by atoms with E-state index in [0.29, 0.717) is 23.6 Å². The molecule has 144 valence electrons. The van der Waals surface area contributed by atoms with E-state index in [1.807, 2.05) is 44.2 Å². The summed E-state index contributed by atoms with van der Waals surface area (Å²) >= 11 is 0. The first kappa shape index (κ1) is 19.2. The first-order chi connectivity index (χ1) is 12.9. The Labute approximate surface area is 160 Å². The summed E-state index contributed by atoms with van der Waals surface area (Å²) in [6, 6.07) is 14.8. The van der Waals surface area contributed by atoms with Gasteiger partial charge in [-0.25, -0.2) is 0 Å². The lowest BCUT2D eigenvalue weighted by Crippen LogP contribution is -2.33. The van der Waals surface area contributed by atoms with Crippen LogP contribution in [-0.4, -0.2) is 30.8 Å². The van der Waals surface area contributed by atoms with Crippen LogP contribution in [0.4, 0.5) is 0 Å². The van der Waals surface area contributed by atoms with Crippen molar-refractivity contribution < 1.29 is 19.4 Å². The van der Waals surface area contributed by atoms with Crippen molar-refractivity contribution in [1.29, 1.82) is 0 Å². The molecule has 2 aromatic rings. The Kier molecular flexibility index (Phi) is 5.71. The van der Waals surface area contributed by atoms with Gasteiger partial charge in [0.2, 0.25) is 0 Å². The Bertz CT molecular complexity index is 784. The molecule has 2 N–H and O–H groups in total. The average Bonchev–Trinajstić information content (AvgIpc) is 3.47. The highest BCUT2D eigenvalue weighted by Gasteiger charge is 2.49. The molecule has 27 heavy (non-hydrogen) atoms. The van der Waals surface area contributed by atoms with E-state index >= 15 is 0 Å². The van der Waals surface area contributed by atoms with Crippen LogP contribution >= 0.6 is 0 Å². The predicted octanol–water partition coefficient (Wildman–Crippen LogP) is 3.73. The summed E-state index contributed by atoms with van der Waals surface area (Å²) in [5.74, 6) is 0.926. The number of benzene rings is 2. The summed E-state index contributed by atoms with van der Waals surface area (Å²) in [6.07, 6.45) is 1.14. The molecule has 0 radical (unpaired) electrons. The van der Waals surface area contributed by atoms with E-state index in [-0.39, 0.29) is 17.4 Å². The fourth-order valence-corrected chi connectivity index (χ4v) is 3.22. The number of hydrogen-bond donors (Lipinski definition) is 2. The van der Waals surface area contributed by atoms with Crippen LogP contribution < -0.4 is 14.8 Å². The Morgan fingerprint density at radius 3 is 2.48 bits per heavy atom. The maximum Gasteiger partial charge on any atom is 0.255 e. The molecule has 1 saturated carbocycles. The van der Waals surface area contributed by atoms with Gasteiger partial charge in [0.25, 0.3) is 5.91 Å². The van der Waals surface area contributed by atoms with Gasteiger partial charge in [-0.1, -0.05) is 30.3 Å². The van der Waals surface area contributed by atoms with Crippen molar-refractivity contribution >= 4 is 5.91 Å². The van der Waals surface area contributed by atoms with Crippen molar-refractivity contribution in [1.82, 2.24) is 5.32 Å². The fraction of sp³-hybridized carbons (Fsp3) is 0.409. The van der Waals surface area contributed by atoms with E-state index in [0.717, 1.165) is 18.4 Å². The van der Waals surface area contributed by atoms with Crippen molar-refractivity contribution in [3.63, 3.8) is 0 Å². The second-order valence-corrected chi connectivity index (χ2v) is 7.39. The lowest BCUT2D eigenvalue weighted by molar-refractivity contribution is 0.0805. The van der Waals surface area contributed by atoms with E-state index < -0.39 is 6.10 Å². The molecule has 0 bridgehead atoms. The number of aliphatic hydroxyl groups excluding tert-OH is 1. The highest BCUT2D eigenvalue weighted by atomic mass is 16.5. The van der Waals surface area contributed by atoms with E-state index in [1.165, 1.54) is 0 Å². The van der Waals surface area contributed by atoms with Gasteiger partial charge in [0.05, 0.1) is 24.9 Å². The number of nitrogens with one attached hydrogen (secondary N) is 1. The summed E-state index contributed by atoms with van der Waals surface area (Å²) in [7, 11) is 1.58. The number of amides is 1. The molecule has 5 nitrogen and oxygen atoms in total. The second-order valence-electron chi connectivity index (χ2n) is 7.39. The minimum Gasteiger partial charge on any atom is -0.497 e. The normalized spacial score (nSPS) is 15.9. The predicted molar refractivity (Wildman–Crippen MR) is 104 cm³/mol. The largest absolute Gasteiger partial charge is 0.497 e. The average molecular weight is 369 g/mol. The Morgan fingerprint density at radius 2 is 1.89 bits per heavy atom. The highest BCUT2D eigenvalue weighted by Crippen LogP contribution is 2.54. The third kappa shape index (κ3) is 4.42. The molecule has 0 aliphatic heterocycles. The zero-order valence-corrected chi connectivity index (χ0v) is 16.1. The van der Waals surface area contributed by atoms with Gasteiger partial charge >= 0.3 is 0 Å². The van der Waals surface area contributed by atoms with E-state index in [9.17, 15) is 9.90 Å². The number of ether oxygens (including phenoxy) is 2. The molecule has 5 heteroatoms. The van der Waals surface area contributed by atoms with Crippen LogP contribution in [0.1, 0.15) is 48.7 Å². The lowest BCUT2D eigenvalue weighted by Gasteiger charge is -2.23. The van der Waals surface area contributed by atoms with Gasteiger partial charge < -0.3 is 19.9 Å². The van der Waals surface area contributed by atoms with E-state index in [4.69, 9.17) is 9.47 Å². The van der Waals surface area contributed by atoms with Crippen molar-refractivity contribution in [3.8, 4) is 11.5 Å². The van der Waals surface area contributed by atoms with Gasteiger partial charge in [0, 0.05) is 18.0 Å². The number of rotatable bonds is 8. The molecule has 1 fully saturated rings. The SMILES string of the molecule is COc1ccc(C(=O)NCC2([C@H](O)c3ccccc3)CC2)c(OC(C)C)c1. The number of carbonyl (C=O) groups is 1. The summed E-state index contributed by atoms with van der Waals surface area (Å²) in [4.78, 5) is 12.8. The summed E-state index contributed by atoms with van der Waals surface area (Å²) in [5, 5.41) is 13.7. The van der Waals surface area contributed by atoms with Gasteiger partial charge in [-0.3, -0.25) is 4.79 Å². The smallest absolute Gasteiger partial charge is 0.255 e. The van der Waals surface area contributed by atoms with Crippen molar-refractivity contribution in [2.45, 2.75) is 38.9 Å². The Balaban J connectivity index is 1.71. The van der Waals surface area contributed by atoms with Gasteiger partial charge in [-0.05, 0) is 44.4 Å². The monoisotopic (exact) mass is 369 g/mol. The topological polar surface area (TPSA) is 67.8 Å². The fourth-order valence-electron chi connectivity index (χ4n) is 3.22. The molecule has 0 heterocycles. The van der Waals surface area contributed by atoms with Crippen molar-refractivity contribution in [2.75, 3.05) is 13.7 Å². The van der Waals surface area contributed by atoms with Crippen LogP contribution in [0.5, 0.6) is 11.5 Å². The van der Waals surface area contributed by atoms with E-state index in [2.05, 4.69) is 5.32 Å². The quantitative estimate of drug-likeness (QED) is 0.744. The molecule has 0 aromatic heterocycles. The van der Waals surface area contributed by atoms with Crippen LogP contribution in [0.15, 0.2) is 48.5 Å². The molecule has 1 atom stereocenters. The van der Waals surface area contributed by atoms with Crippen LogP contribution in [0.25, 0.3) is 0 Å². The maximum absolute atomic E-state index is 12.8. The molecule has 2 aromatic carbocycles. The number of hydrogen-bond acceptors (Lipinski definition) is 4. The lowest BCUT2D eigenvalue weighted by atomic mass is 9.92. The van der Waals surface area contributed by atoms with Crippen molar-refractivity contribution in [2.24, 2.45) is 5.41 Å². The number of methoxy groups -OCH3 is 1. The summed E-state index contributed by atoms with van der Waals surface area (Å²) < 4.78 is 11.0. The third-order valence-corrected chi connectivity index (χ3v) is 4.98. The first-order valence-corrected chi connectivity index (χ1v) is 9.31. The molecular formula is C22H27NO4. The molecular weight excluding hydrogens is 342 g/mol. The van der Waals surface area contributed by atoms with Gasteiger partial charge in [0.15, 0.2) is 0 Å². The molecule has 3 rings (SSSR count). The molecule has 0 unspecified atom stereocenters. The zero-order valence-electron chi connectivity index (χ0n) is 16.1. The minimum absolute atomic E-state index is 0.0571. The van der Waals surface area contributed by atoms with Crippen LogP contribution in [-0.2, 0) is 0 Å². The van der Waals surface area contributed by atoms with Crippen LogP contribution in [0, 0.1) is 5.41 Å².